The first-order valence-corrected chi connectivity index (χ1v) is 25.1. The molecule has 0 bridgehead atoms. The molecule has 0 atom stereocenters. The number of hydrogen-bond acceptors (Lipinski definition) is 5. The second kappa shape index (κ2) is 38.1. The van der Waals surface area contributed by atoms with E-state index >= 15 is 0 Å². The Hall–Kier alpha value is -5.01. The quantitative estimate of drug-likeness (QED) is 0.173. The van der Waals surface area contributed by atoms with Crippen molar-refractivity contribution in [2.45, 2.75) is 124 Å². The largest absolute Gasteiger partial charge is 0.373 e. The van der Waals surface area contributed by atoms with Gasteiger partial charge in [0.15, 0.2) is 0 Å². The van der Waals surface area contributed by atoms with Gasteiger partial charge in [0.1, 0.15) is 0 Å². The van der Waals surface area contributed by atoms with E-state index in [0.29, 0.717) is 0 Å². The van der Waals surface area contributed by atoms with Crippen molar-refractivity contribution in [2.75, 3.05) is 34.8 Å². The molecule has 0 amide bonds. The van der Waals surface area contributed by atoms with Gasteiger partial charge in [-0.3, -0.25) is 4.70 Å². The van der Waals surface area contributed by atoms with E-state index in [0.717, 1.165) is 41.3 Å². The molecular formula is C58H84Br2FN3O2. The number of hydrogen-bond donors (Lipinski definition) is 0. The van der Waals surface area contributed by atoms with Crippen LogP contribution in [0.1, 0.15) is 139 Å². The number of anilines is 6. The van der Waals surface area contributed by atoms with Crippen LogP contribution in [0.3, 0.4) is 0 Å². The van der Waals surface area contributed by atoms with E-state index in [4.69, 9.17) is 9.59 Å². The third kappa shape index (κ3) is 18.0. The van der Waals surface area contributed by atoms with Gasteiger partial charge in [0.05, 0.1) is 0 Å². The lowest BCUT2D eigenvalue weighted by atomic mass is 9.96. The van der Waals surface area contributed by atoms with Gasteiger partial charge in [0, 0.05) is 83.9 Å². The Labute approximate surface area is 419 Å². The number of halogens is 3. The van der Waals surface area contributed by atoms with Gasteiger partial charge in [-0.15, -0.1) is 0 Å². The predicted octanol–water partition coefficient (Wildman–Crippen LogP) is 19.0. The summed E-state index contributed by atoms with van der Waals surface area (Å²) in [5.41, 5.74) is 16.5. The molecule has 5 nitrogen and oxygen atoms in total. The number of para-hydroxylation sites is 4. The lowest BCUT2D eigenvalue weighted by molar-refractivity contribution is -0.191. The zero-order valence-corrected chi connectivity index (χ0v) is 45.2. The summed E-state index contributed by atoms with van der Waals surface area (Å²) in [4.78, 5) is 23.3. The summed E-state index contributed by atoms with van der Waals surface area (Å²) < 4.78 is 2.31. The van der Waals surface area contributed by atoms with Crippen molar-refractivity contribution >= 4 is 72.1 Å². The van der Waals surface area contributed by atoms with E-state index in [9.17, 15) is 0 Å². The predicted molar refractivity (Wildman–Crippen MR) is 300 cm³/mol. The summed E-state index contributed by atoms with van der Waals surface area (Å²) in [5.74, 6) is 0. The first kappa shape index (κ1) is 65.3. The molecule has 3 aliphatic heterocycles. The molecule has 9 rings (SSSR count). The first-order chi connectivity index (χ1) is 31.4. The van der Waals surface area contributed by atoms with E-state index in [-0.39, 0.29) is 19.7 Å². The minimum Gasteiger partial charge on any atom is -0.344 e. The average molecular weight is 1030 g/mol. The number of fused-ring (bicyclic) bond motifs is 6. The fourth-order valence-electron chi connectivity index (χ4n) is 7.43. The minimum atomic E-state index is 0. The summed E-state index contributed by atoms with van der Waals surface area (Å²) in [6, 6.07) is 47.7. The van der Waals surface area contributed by atoms with E-state index < -0.39 is 0 Å². The molecule has 3 aliphatic rings. The Bertz CT molecular complexity index is 2180. The van der Waals surface area contributed by atoms with Crippen LogP contribution in [-0.2, 0) is 28.9 Å². The van der Waals surface area contributed by atoms with Crippen molar-refractivity contribution in [2.24, 2.45) is 0 Å². The normalized spacial score (nSPS) is 10.5. The fourth-order valence-corrected chi connectivity index (χ4v) is 8.24. The van der Waals surface area contributed by atoms with Gasteiger partial charge in [-0.05, 0) is 108 Å². The van der Waals surface area contributed by atoms with Crippen LogP contribution < -0.4 is 14.7 Å². The molecule has 6 aromatic carbocycles. The fraction of sp³-hybridized carbons (Fsp3) is 0.362. The van der Waals surface area contributed by atoms with Gasteiger partial charge in [-0.2, -0.15) is 9.59 Å². The topological polar surface area (TPSA) is 43.9 Å². The first-order valence-electron chi connectivity index (χ1n) is 23.5. The molecule has 8 heteroatoms. The van der Waals surface area contributed by atoms with Crippen molar-refractivity contribution in [3.05, 3.63) is 176 Å². The second-order valence-corrected chi connectivity index (χ2v) is 14.6. The van der Waals surface area contributed by atoms with Gasteiger partial charge in [0.2, 0.25) is 0 Å². The maximum absolute atomic E-state index is 8.12. The average Bonchev–Trinajstić information content (AvgIpc) is 3.36. The van der Waals surface area contributed by atoms with Crippen molar-refractivity contribution in [1.82, 2.24) is 0 Å². The molecule has 3 heterocycles. The molecule has 0 unspecified atom stereocenters. The zero-order valence-electron chi connectivity index (χ0n) is 42.1. The molecule has 0 radical (unpaired) electrons. The Morgan fingerprint density at radius 3 is 0.985 bits per heavy atom. The highest BCUT2D eigenvalue weighted by atomic mass is 79.9. The SMILES string of the molecule is C.CC.CC.CC.CC.CC.CC.CCN1c2ccccc2Cc2cc(Br)ccc21.CCN1c2ccccc2Cc2ccccc21.CN1c2ccccc2Cc2cc(Br)ccc21.F.O=C=O.[HH]. The highest BCUT2D eigenvalue weighted by Gasteiger charge is 2.22. The van der Waals surface area contributed by atoms with Gasteiger partial charge < -0.3 is 14.7 Å². The highest BCUT2D eigenvalue weighted by molar-refractivity contribution is 9.10. The van der Waals surface area contributed by atoms with Crippen LogP contribution in [0.25, 0.3) is 0 Å². The van der Waals surface area contributed by atoms with Crippen molar-refractivity contribution < 1.29 is 15.7 Å². The molecule has 66 heavy (non-hydrogen) atoms. The molecule has 0 aliphatic carbocycles. The van der Waals surface area contributed by atoms with E-state index in [1.54, 1.807) is 0 Å². The van der Waals surface area contributed by atoms with E-state index in [2.05, 4.69) is 201 Å². The lowest BCUT2D eigenvalue weighted by Crippen LogP contribution is -2.22. The molecule has 0 aromatic heterocycles. The summed E-state index contributed by atoms with van der Waals surface area (Å²) in [5, 5.41) is 0. The van der Waals surface area contributed by atoms with Crippen molar-refractivity contribution in [3.63, 3.8) is 0 Å². The van der Waals surface area contributed by atoms with Crippen LogP contribution in [0.5, 0.6) is 0 Å². The van der Waals surface area contributed by atoms with Crippen LogP contribution in [-0.4, -0.2) is 26.3 Å². The standard InChI is InChI=1S/C15H14BrN.C15H15N.C14H12BrN.6C2H6.CO2.CH4.FH.H2/c1-2-17-14-6-4-3-5-11(14)9-12-10-13(16)7-8-15(12)17;1-2-16-14-9-5-3-7-12(14)11-13-8-4-6-10-15(13)16;1-16-13-5-3-2-4-10(13)8-11-9-12(15)6-7-14(11)16;6*1-2;2-1-3;;;/h3-8,10H,2,9H2,1H3;3-10H,2,11H2,1H3;2-7,9H,8H2,1H3;6*1-2H3;;1H4;2*1H. The second-order valence-electron chi connectivity index (χ2n) is 12.7. The third-order valence-corrected chi connectivity index (χ3v) is 10.7. The van der Waals surface area contributed by atoms with Crippen LogP contribution in [0.15, 0.2) is 142 Å². The summed E-state index contributed by atoms with van der Waals surface area (Å²) in [7, 11) is 2.13. The van der Waals surface area contributed by atoms with E-state index in [1.165, 1.54) is 67.5 Å². The number of benzene rings is 6. The molecule has 0 fully saturated rings. The van der Waals surface area contributed by atoms with Crippen molar-refractivity contribution in [3.8, 4) is 0 Å². The molecule has 364 valence electrons. The van der Waals surface area contributed by atoms with Gasteiger partial charge in [-0.1, -0.05) is 195 Å². The third-order valence-electron chi connectivity index (χ3n) is 9.71. The monoisotopic (exact) mass is 1030 g/mol. The summed E-state index contributed by atoms with van der Waals surface area (Å²) >= 11 is 7.09. The Balaban J connectivity index is -0.000000381. The molecule has 0 N–H and O–H groups in total. The lowest BCUT2D eigenvalue weighted by Gasteiger charge is -2.32. The van der Waals surface area contributed by atoms with Crippen LogP contribution in [0.2, 0.25) is 0 Å². The Morgan fingerprint density at radius 1 is 0.424 bits per heavy atom. The number of carbonyl (C=O) groups excluding carboxylic acids is 2. The zero-order chi connectivity index (χ0) is 48.6. The van der Waals surface area contributed by atoms with E-state index in [1.807, 2.05) is 83.1 Å². The molecule has 0 saturated heterocycles. The van der Waals surface area contributed by atoms with Crippen LogP contribution >= 0.6 is 31.9 Å². The molecule has 0 saturated carbocycles. The van der Waals surface area contributed by atoms with Crippen LogP contribution in [0, 0.1) is 0 Å². The van der Waals surface area contributed by atoms with Crippen molar-refractivity contribution in [1.29, 1.82) is 0 Å². The summed E-state index contributed by atoms with van der Waals surface area (Å²) in [6.07, 6.45) is 3.36. The van der Waals surface area contributed by atoms with Gasteiger partial charge in [0.25, 0.3) is 0 Å². The molecule has 0 spiro atoms. The summed E-state index contributed by atoms with van der Waals surface area (Å²) in [6.45, 7) is 30.4. The maximum Gasteiger partial charge on any atom is 0.373 e. The number of nitrogens with zero attached hydrogens (tertiary/aromatic N) is 3. The van der Waals surface area contributed by atoms with Crippen LogP contribution in [0.4, 0.5) is 38.8 Å². The Morgan fingerprint density at radius 2 is 0.652 bits per heavy atom. The Kier molecular flexibility index (Phi) is 37.7. The molecular weight excluding hydrogens is 949 g/mol. The maximum atomic E-state index is 8.12. The van der Waals surface area contributed by atoms with Gasteiger partial charge in [-0.25, -0.2) is 0 Å². The molecule has 6 aromatic rings. The van der Waals surface area contributed by atoms with Gasteiger partial charge >= 0.3 is 6.15 Å². The number of rotatable bonds is 2. The minimum absolute atomic E-state index is 0. The highest BCUT2D eigenvalue weighted by Crippen LogP contribution is 2.41. The smallest absolute Gasteiger partial charge is 0.344 e.